The van der Waals surface area contributed by atoms with Crippen molar-refractivity contribution < 1.29 is 19.6 Å². The normalized spacial score (nSPS) is 11.0. The maximum atomic E-state index is 12.1. The van der Waals surface area contributed by atoms with Gasteiger partial charge in [0.05, 0.1) is 29.8 Å². The molecule has 0 spiro atoms. The smallest absolute Gasteiger partial charge is 0.273 e. The number of hydrazone groups is 1. The number of non-ortho nitro benzene ring substituents is 1. The second kappa shape index (κ2) is 7.47. The zero-order chi connectivity index (χ0) is 19.4. The fourth-order valence-corrected chi connectivity index (χ4v) is 2.34. The van der Waals surface area contributed by atoms with E-state index in [-0.39, 0.29) is 23.5 Å². The van der Waals surface area contributed by atoms with Crippen molar-refractivity contribution in [3.63, 3.8) is 0 Å². The first kappa shape index (κ1) is 17.8. The van der Waals surface area contributed by atoms with Crippen LogP contribution in [0.1, 0.15) is 5.56 Å². The number of nitro benzene ring substituents is 1. The first-order valence-electron chi connectivity index (χ1n) is 7.63. The highest BCUT2D eigenvalue weighted by molar-refractivity contribution is 5.87. The molecule has 3 rings (SSSR count). The van der Waals surface area contributed by atoms with Crippen LogP contribution in [-0.2, 0) is 11.3 Å². The molecular formula is C16H13N6O5-. The second-order valence-electron chi connectivity index (χ2n) is 5.35. The third kappa shape index (κ3) is 3.81. The lowest BCUT2D eigenvalue weighted by molar-refractivity contribution is -0.385. The molecule has 138 valence electrons. The number of carbonyl (C=O) groups excluding carboxylic acids is 1. The van der Waals surface area contributed by atoms with Crippen LogP contribution >= 0.6 is 0 Å². The minimum absolute atomic E-state index is 0.0902. The molecule has 0 fully saturated rings. The number of nitrogens with zero attached hydrogens (tertiary/aromatic N) is 5. The zero-order valence-corrected chi connectivity index (χ0v) is 14.0. The van der Waals surface area contributed by atoms with Crippen molar-refractivity contribution in [2.45, 2.75) is 6.54 Å². The summed E-state index contributed by atoms with van der Waals surface area (Å²) in [4.78, 5) is 22.3. The van der Waals surface area contributed by atoms with E-state index in [4.69, 9.17) is 4.74 Å². The number of hydrogen-bond acceptors (Lipinski definition) is 8. The SMILES string of the molecule is COc1cc([N+](=O)[O-])cc(/C=N/NC(=O)Cn2nnc3ccccc32)c1[O-]. The van der Waals surface area contributed by atoms with Gasteiger partial charge in [-0.3, -0.25) is 14.9 Å². The molecule has 0 radical (unpaired) electrons. The Labute approximate surface area is 152 Å². The van der Waals surface area contributed by atoms with E-state index in [9.17, 15) is 20.0 Å². The molecule has 0 unspecified atom stereocenters. The first-order chi connectivity index (χ1) is 13.0. The zero-order valence-electron chi connectivity index (χ0n) is 14.0. The molecule has 0 atom stereocenters. The average Bonchev–Trinajstić information content (AvgIpc) is 3.06. The van der Waals surface area contributed by atoms with Gasteiger partial charge in [0.1, 0.15) is 17.8 Å². The van der Waals surface area contributed by atoms with Crippen LogP contribution in [0.4, 0.5) is 5.69 Å². The van der Waals surface area contributed by atoms with Gasteiger partial charge in [0.25, 0.3) is 11.6 Å². The Morgan fingerprint density at radius 3 is 2.93 bits per heavy atom. The number of carbonyl (C=O) groups is 1. The number of methoxy groups -OCH3 is 1. The first-order valence-corrected chi connectivity index (χ1v) is 7.63. The maximum Gasteiger partial charge on any atom is 0.273 e. The predicted octanol–water partition coefficient (Wildman–Crippen LogP) is 0.572. The average molecular weight is 369 g/mol. The van der Waals surface area contributed by atoms with Crippen LogP contribution < -0.4 is 15.3 Å². The fourth-order valence-electron chi connectivity index (χ4n) is 2.34. The van der Waals surface area contributed by atoms with Gasteiger partial charge in [-0.15, -0.1) is 5.10 Å². The Kier molecular flexibility index (Phi) is 4.92. The van der Waals surface area contributed by atoms with Gasteiger partial charge in [-0.05, 0) is 17.7 Å². The van der Waals surface area contributed by atoms with Gasteiger partial charge >= 0.3 is 0 Å². The number of ether oxygens (including phenoxy) is 1. The van der Waals surface area contributed by atoms with E-state index >= 15 is 0 Å². The molecule has 0 saturated heterocycles. The van der Waals surface area contributed by atoms with Crippen molar-refractivity contribution in [1.29, 1.82) is 0 Å². The molecule has 0 aliphatic rings. The van der Waals surface area contributed by atoms with E-state index in [1.54, 1.807) is 24.3 Å². The number of nitrogens with one attached hydrogen (secondary N) is 1. The van der Waals surface area contributed by atoms with Gasteiger partial charge in [-0.25, -0.2) is 10.1 Å². The molecule has 3 aromatic rings. The number of aromatic nitrogens is 3. The van der Waals surface area contributed by atoms with E-state index < -0.39 is 16.6 Å². The van der Waals surface area contributed by atoms with Crippen molar-refractivity contribution in [2.75, 3.05) is 7.11 Å². The lowest BCUT2D eigenvalue weighted by Gasteiger charge is -2.14. The standard InChI is InChI=1S/C16H14N6O5/c1-27-14-7-11(22(25)26)6-10(16(14)24)8-17-19-15(23)9-21-13-5-3-2-4-12(13)18-20-21/h2-8,24H,9H2,1H3,(H,19,23)/p-1/b17-8+. The molecule has 11 nitrogen and oxygen atoms in total. The van der Waals surface area contributed by atoms with Crippen LogP contribution in [0.25, 0.3) is 11.0 Å². The molecular weight excluding hydrogens is 356 g/mol. The third-order valence-corrected chi connectivity index (χ3v) is 3.61. The molecule has 0 aliphatic heterocycles. The molecule has 1 aromatic heterocycles. The quantitative estimate of drug-likeness (QED) is 0.379. The topological polar surface area (TPSA) is 148 Å². The molecule has 1 amide bonds. The van der Waals surface area contributed by atoms with Crippen molar-refractivity contribution >= 4 is 28.8 Å². The molecule has 1 N–H and O–H groups in total. The van der Waals surface area contributed by atoms with Crippen molar-refractivity contribution in [3.8, 4) is 11.5 Å². The van der Waals surface area contributed by atoms with E-state index in [1.165, 1.54) is 11.8 Å². The van der Waals surface area contributed by atoms with E-state index in [0.717, 1.165) is 18.3 Å². The number of rotatable bonds is 6. The maximum absolute atomic E-state index is 12.1. The van der Waals surface area contributed by atoms with Crippen molar-refractivity contribution in [1.82, 2.24) is 20.4 Å². The number of amides is 1. The molecule has 0 aliphatic carbocycles. The molecule has 0 saturated carbocycles. The summed E-state index contributed by atoms with van der Waals surface area (Å²) >= 11 is 0. The summed E-state index contributed by atoms with van der Waals surface area (Å²) in [6, 6.07) is 9.20. The summed E-state index contributed by atoms with van der Waals surface area (Å²) in [6.07, 6.45) is 1.02. The number of benzene rings is 2. The largest absolute Gasteiger partial charge is 0.870 e. The minimum atomic E-state index is -0.659. The van der Waals surface area contributed by atoms with Crippen LogP contribution in [-0.4, -0.2) is 39.1 Å². The summed E-state index contributed by atoms with van der Waals surface area (Å²) in [6.45, 7) is -0.139. The predicted molar refractivity (Wildman–Crippen MR) is 92.4 cm³/mol. The number of para-hydroxylation sites is 1. The highest BCUT2D eigenvalue weighted by atomic mass is 16.6. The highest BCUT2D eigenvalue weighted by Gasteiger charge is 2.12. The van der Waals surface area contributed by atoms with Crippen molar-refractivity contribution in [3.05, 3.63) is 52.1 Å². The van der Waals surface area contributed by atoms with E-state index in [0.29, 0.717) is 11.0 Å². The molecule has 1 heterocycles. The van der Waals surface area contributed by atoms with E-state index in [1.807, 2.05) is 0 Å². The monoisotopic (exact) mass is 369 g/mol. The van der Waals surface area contributed by atoms with Gasteiger partial charge in [0.2, 0.25) is 0 Å². The van der Waals surface area contributed by atoms with Crippen LogP contribution in [0.5, 0.6) is 11.5 Å². The van der Waals surface area contributed by atoms with Crippen LogP contribution in [0.2, 0.25) is 0 Å². The number of fused-ring (bicyclic) bond motifs is 1. The number of nitro groups is 1. The summed E-state index contributed by atoms with van der Waals surface area (Å²) in [7, 11) is 1.23. The van der Waals surface area contributed by atoms with Crippen LogP contribution in [0.3, 0.4) is 0 Å². The Bertz CT molecular complexity index is 1040. The Balaban J connectivity index is 1.72. The summed E-state index contributed by atoms with van der Waals surface area (Å²) in [5, 5.41) is 34.5. The van der Waals surface area contributed by atoms with Gasteiger partial charge < -0.3 is 9.84 Å². The molecule has 2 aromatic carbocycles. The summed E-state index contributed by atoms with van der Waals surface area (Å²) in [5.41, 5.74) is 3.15. The molecule has 27 heavy (non-hydrogen) atoms. The van der Waals surface area contributed by atoms with Gasteiger partial charge in [-0.1, -0.05) is 23.1 Å². The van der Waals surface area contributed by atoms with Gasteiger partial charge in [0.15, 0.2) is 0 Å². The summed E-state index contributed by atoms with van der Waals surface area (Å²) < 4.78 is 6.23. The minimum Gasteiger partial charge on any atom is -0.870 e. The fraction of sp³-hybridized carbons (Fsp3) is 0.125. The molecule has 0 bridgehead atoms. The van der Waals surface area contributed by atoms with Gasteiger partial charge in [0, 0.05) is 6.07 Å². The lowest BCUT2D eigenvalue weighted by atomic mass is 10.2. The summed E-state index contributed by atoms with van der Waals surface area (Å²) in [5.74, 6) is -1.28. The van der Waals surface area contributed by atoms with Crippen molar-refractivity contribution in [2.24, 2.45) is 5.10 Å². The van der Waals surface area contributed by atoms with Crippen LogP contribution in [0, 0.1) is 10.1 Å². The lowest BCUT2D eigenvalue weighted by Crippen LogP contribution is -2.23. The Morgan fingerprint density at radius 2 is 2.19 bits per heavy atom. The second-order valence-corrected chi connectivity index (χ2v) is 5.35. The highest BCUT2D eigenvalue weighted by Crippen LogP contribution is 2.31. The van der Waals surface area contributed by atoms with Crippen LogP contribution in [0.15, 0.2) is 41.5 Å². The Morgan fingerprint density at radius 1 is 1.41 bits per heavy atom. The molecule has 11 heteroatoms. The third-order valence-electron chi connectivity index (χ3n) is 3.61. The number of hydrogen-bond donors (Lipinski definition) is 1. The van der Waals surface area contributed by atoms with Gasteiger partial charge in [-0.2, -0.15) is 5.10 Å². The van der Waals surface area contributed by atoms with E-state index in [2.05, 4.69) is 20.8 Å². The Hall–Kier alpha value is -4.02.